The number of hydrogen-bond donors (Lipinski definition) is 2. The highest BCUT2D eigenvalue weighted by Crippen LogP contribution is 2.23. The Morgan fingerprint density at radius 1 is 1.04 bits per heavy atom. The molecule has 2 N–H and O–H groups in total. The smallest absolute Gasteiger partial charge is 0.251 e. The van der Waals surface area contributed by atoms with Crippen LogP contribution in [0.3, 0.4) is 0 Å². The second kappa shape index (κ2) is 7.72. The number of carbonyl (C=O) groups excluding carboxylic acids is 2. The van der Waals surface area contributed by atoms with Gasteiger partial charge in [0.05, 0.1) is 12.2 Å². The van der Waals surface area contributed by atoms with Crippen LogP contribution in [0.25, 0.3) is 11.3 Å². The third-order valence-corrected chi connectivity index (χ3v) is 4.34. The van der Waals surface area contributed by atoms with Crippen LogP contribution >= 0.6 is 11.3 Å². The number of nitrogens with zero attached hydrogens (tertiary/aromatic N) is 1. The second-order valence-electron chi connectivity index (χ2n) is 5.43. The summed E-state index contributed by atoms with van der Waals surface area (Å²) in [6.07, 6.45) is 0. The minimum atomic E-state index is -0.114. The summed E-state index contributed by atoms with van der Waals surface area (Å²) < 4.78 is 0. The third-order valence-electron chi connectivity index (χ3n) is 3.49. The average molecular weight is 351 g/mol. The third kappa shape index (κ3) is 4.51. The number of amides is 2. The number of rotatable bonds is 5. The summed E-state index contributed by atoms with van der Waals surface area (Å²) in [7, 11) is 0. The van der Waals surface area contributed by atoms with E-state index in [-0.39, 0.29) is 11.8 Å². The van der Waals surface area contributed by atoms with Gasteiger partial charge in [0, 0.05) is 29.1 Å². The number of aromatic nitrogens is 1. The fourth-order valence-corrected chi connectivity index (χ4v) is 3.04. The van der Waals surface area contributed by atoms with E-state index in [0.29, 0.717) is 12.1 Å². The lowest BCUT2D eigenvalue weighted by atomic mass is 10.1. The normalized spacial score (nSPS) is 10.3. The van der Waals surface area contributed by atoms with Gasteiger partial charge in [0.25, 0.3) is 5.91 Å². The molecule has 0 saturated carbocycles. The first-order valence-electron chi connectivity index (χ1n) is 7.77. The molecule has 0 spiro atoms. The van der Waals surface area contributed by atoms with Crippen molar-refractivity contribution in [3.63, 3.8) is 0 Å². The van der Waals surface area contributed by atoms with Crippen LogP contribution in [-0.4, -0.2) is 16.8 Å². The zero-order valence-electron chi connectivity index (χ0n) is 13.7. The van der Waals surface area contributed by atoms with Crippen molar-refractivity contribution in [1.29, 1.82) is 0 Å². The Kier molecular flexibility index (Phi) is 5.20. The second-order valence-corrected chi connectivity index (χ2v) is 6.38. The Bertz CT molecular complexity index is 873. The van der Waals surface area contributed by atoms with E-state index in [9.17, 15) is 9.59 Å². The number of carbonyl (C=O) groups is 2. The van der Waals surface area contributed by atoms with Crippen molar-refractivity contribution in [1.82, 2.24) is 10.3 Å². The molecule has 0 saturated heterocycles. The van der Waals surface area contributed by atoms with Gasteiger partial charge in [-0.05, 0) is 24.3 Å². The van der Waals surface area contributed by atoms with Crippen LogP contribution in [0.5, 0.6) is 0 Å². The molecule has 2 aromatic carbocycles. The van der Waals surface area contributed by atoms with Crippen molar-refractivity contribution >= 4 is 28.8 Å². The lowest BCUT2D eigenvalue weighted by Gasteiger charge is -2.03. The van der Waals surface area contributed by atoms with Crippen LogP contribution in [0.4, 0.5) is 5.69 Å². The van der Waals surface area contributed by atoms with Gasteiger partial charge in [0.15, 0.2) is 0 Å². The molecule has 0 aliphatic heterocycles. The lowest BCUT2D eigenvalue weighted by molar-refractivity contribution is -0.114. The number of anilines is 1. The van der Waals surface area contributed by atoms with Crippen LogP contribution < -0.4 is 10.6 Å². The Hall–Kier alpha value is -2.99. The van der Waals surface area contributed by atoms with Crippen molar-refractivity contribution in [3.05, 3.63) is 70.5 Å². The predicted octanol–water partition coefficient (Wildman–Crippen LogP) is 3.70. The van der Waals surface area contributed by atoms with E-state index in [1.54, 1.807) is 12.1 Å². The zero-order chi connectivity index (χ0) is 17.6. The Morgan fingerprint density at radius 3 is 2.44 bits per heavy atom. The molecule has 0 fully saturated rings. The standard InChI is InChI=1S/C19H17N3O2S/c1-13(23)21-16-9-7-14(8-10-16)17-12-25-18(22-17)11-20-19(24)15-5-3-2-4-6-15/h2-10,12H,11H2,1H3,(H,20,24)(H,21,23). The molecule has 0 unspecified atom stereocenters. The van der Waals surface area contributed by atoms with E-state index in [1.807, 2.05) is 47.8 Å². The van der Waals surface area contributed by atoms with E-state index >= 15 is 0 Å². The Labute approximate surface area is 149 Å². The summed E-state index contributed by atoms with van der Waals surface area (Å²) in [6, 6.07) is 16.6. The summed E-state index contributed by atoms with van der Waals surface area (Å²) in [4.78, 5) is 27.6. The van der Waals surface area contributed by atoms with Gasteiger partial charge >= 0.3 is 0 Å². The molecule has 3 rings (SSSR count). The van der Waals surface area contributed by atoms with E-state index < -0.39 is 0 Å². The number of hydrogen-bond acceptors (Lipinski definition) is 4. The molecule has 6 heteroatoms. The minimum Gasteiger partial charge on any atom is -0.346 e. The molecule has 2 amide bonds. The Balaban J connectivity index is 1.62. The number of benzene rings is 2. The summed E-state index contributed by atoms with van der Waals surface area (Å²) >= 11 is 1.50. The molecule has 0 aliphatic rings. The van der Waals surface area contributed by atoms with Gasteiger partial charge in [-0.3, -0.25) is 9.59 Å². The zero-order valence-corrected chi connectivity index (χ0v) is 14.5. The fraction of sp³-hybridized carbons (Fsp3) is 0.105. The topological polar surface area (TPSA) is 71.1 Å². The molecule has 0 radical (unpaired) electrons. The monoisotopic (exact) mass is 351 g/mol. The average Bonchev–Trinajstić information content (AvgIpc) is 3.09. The molecular weight excluding hydrogens is 334 g/mol. The van der Waals surface area contributed by atoms with Crippen LogP contribution in [0, 0.1) is 0 Å². The molecule has 1 aromatic heterocycles. The van der Waals surface area contributed by atoms with Gasteiger partial charge < -0.3 is 10.6 Å². The molecule has 0 bridgehead atoms. The quantitative estimate of drug-likeness (QED) is 0.736. The van der Waals surface area contributed by atoms with Crippen LogP contribution in [0.1, 0.15) is 22.3 Å². The van der Waals surface area contributed by atoms with Crippen molar-refractivity contribution < 1.29 is 9.59 Å². The van der Waals surface area contributed by atoms with Gasteiger partial charge in [-0.25, -0.2) is 4.98 Å². The van der Waals surface area contributed by atoms with Gasteiger partial charge in [-0.2, -0.15) is 0 Å². The minimum absolute atomic E-state index is 0.0992. The molecule has 3 aromatic rings. The van der Waals surface area contributed by atoms with E-state index in [4.69, 9.17) is 0 Å². The highest BCUT2D eigenvalue weighted by molar-refractivity contribution is 7.09. The van der Waals surface area contributed by atoms with E-state index in [0.717, 1.165) is 22.0 Å². The van der Waals surface area contributed by atoms with Crippen LogP contribution in [-0.2, 0) is 11.3 Å². The fourth-order valence-electron chi connectivity index (χ4n) is 2.30. The Morgan fingerprint density at radius 2 is 1.76 bits per heavy atom. The van der Waals surface area contributed by atoms with Crippen molar-refractivity contribution in [2.75, 3.05) is 5.32 Å². The summed E-state index contributed by atoms with van der Waals surface area (Å²) in [5.74, 6) is -0.213. The molecule has 25 heavy (non-hydrogen) atoms. The van der Waals surface area contributed by atoms with E-state index in [1.165, 1.54) is 18.3 Å². The molecule has 5 nitrogen and oxygen atoms in total. The first kappa shape index (κ1) is 16.9. The predicted molar refractivity (Wildman–Crippen MR) is 99.5 cm³/mol. The van der Waals surface area contributed by atoms with Crippen LogP contribution in [0.2, 0.25) is 0 Å². The van der Waals surface area contributed by atoms with E-state index in [2.05, 4.69) is 15.6 Å². The summed E-state index contributed by atoms with van der Waals surface area (Å²) in [5.41, 5.74) is 3.20. The highest BCUT2D eigenvalue weighted by Gasteiger charge is 2.08. The van der Waals surface area contributed by atoms with Gasteiger partial charge in [0.1, 0.15) is 5.01 Å². The molecule has 126 valence electrons. The lowest BCUT2D eigenvalue weighted by Crippen LogP contribution is -2.22. The molecule has 0 aliphatic carbocycles. The SMILES string of the molecule is CC(=O)Nc1ccc(-c2csc(CNC(=O)c3ccccc3)n2)cc1. The summed E-state index contributed by atoms with van der Waals surface area (Å²) in [5, 5.41) is 8.40. The van der Waals surface area contributed by atoms with Crippen molar-refractivity contribution in [3.8, 4) is 11.3 Å². The number of nitrogens with one attached hydrogen (secondary N) is 2. The van der Waals surface area contributed by atoms with Gasteiger partial charge in [-0.1, -0.05) is 30.3 Å². The number of thiazole rings is 1. The highest BCUT2D eigenvalue weighted by atomic mass is 32.1. The van der Waals surface area contributed by atoms with Gasteiger partial charge in [0.2, 0.25) is 5.91 Å². The van der Waals surface area contributed by atoms with Crippen molar-refractivity contribution in [2.24, 2.45) is 0 Å². The molecule has 0 atom stereocenters. The maximum atomic E-state index is 12.1. The largest absolute Gasteiger partial charge is 0.346 e. The molecule has 1 heterocycles. The van der Waals surface area contributed by atoms with Crippen LogP contribution in [0.15, 0.2) is 60.0 Å². The maximum absolute atomic E-state index is 12.1. The maximum Gasteiger partial charge on any atom is 0.251 e. The van der Waals surface area contributed by atoms with Gasteiger partial charge in [-0.15, -0.1) is 11.3 Å². The summed E-state index contributed by atoms with van der Waals surface area (Å²) in [6.45, 7) is 1.87. The first-order chi connectivity index (χ1) is 12.1. The molecular formula is C19H17N3O2S. The first-order valence-corrected chi connectivity index (χ1v) is 8.65. The van der Waals surface area contributed by atoms with Crippen molar-refractivity contribution in [2.45, 2.75) is 13.5 Å².